The first-order valence-electron chi connectivity index (χ1n) is 15.7. The van der Waals surface area contributed by atoms with E-state index in [1.807, 2.05) is 18.2 Å². The molecule has 0 aromatic heterocycles. The number of hydrogen-bond donors (Lipinski definition) is 2. The summed E-state index contributed by atoms with van der Waals surface area (Å²) in [5.41, 5.74) is 3.92. The normalized spacial score (nSPS) is 12.1. The molecule has 0 saturated heterocycles. The van der Waals surface area contributed by atoms with Crippen molar-refractivity contribution in [1.82, 2.24) is 0 Å². The number of hydrogen-bond acceptors (Lipinski definition) is 4. The summed E-state index contributed by atoms with van der Waals surface area (Å²) in [5.74, 6) is 0.451. The lowest BCUT2D eigenvalue weighted by Gasteiger charge is -2.16. The minimum atomic E-state index is -0.255. The fraction of sp³-hybridized carbons (Fsp3) is 0.528. The van der Waals surface area contributed by atoms with E-state index in [0.29, 0.717) is 12.2 Å². The highest BCUT2D eigenvalue weighted by Gasteiger charge is 2.14. The van der Waals surface area contributed by atoms with Gasteiger partial charge in [0.15, 0.2) is 0 Å². The highest BCUT2D eigenvalue weighted by molar-refractivity contribution is 5.92. The Kier molecular flexibility index (Phi) is 16.6. The number of phenols is 2. The van der Waals surface area contributed by atoms with Gasteiger partial charge in [0.2, 0.25) is 0 Å². The minimum absolute atomic E-state index is 0.105. The molecule has 0 amide bonds. The molecule has 0 aliphatic heterocycles. The fourth-order valence-corrected chi connectivity index (χ4v) is 5.17. The number of carbonyl (C=O) groups is 1. The smallest absolute Gasteiger partial charge is 0.311 e. The third-order valence-electron chi connectivity index (χ3n) is 7.46. The average molecular weight is 549 g/mol. The number of rotatable bonds is 20. The number of allylic oxidation sites excluding steroid dienone is 4. The molecule has 2 aromatic rings. The first-order valence-corrected chi connectivity index (χ1v) is 15.7. The van der Waals surface area contributed by atoms with Gasteiger partial charge in [-0.25, -0.2) is 0 Å². The molecule has 0 aliphatic rings. The van der Waals surface area contributed by atoms with E-state index in [4.69, 9.17) is 4.74 Å². The van der Waals surface area contributed by atoms with Crippen LogP contribution in [-0.4, -0.2) is 16.2 Å². The van der Waals surface area contributed by atoms with Crippen LogP contribution in [0.2, 0.25) is 0 Å². The molecule has 2 rings (SSSR count). The van der Waals surface area contributed by atoms with E-state index in [2.05, 4.69) is 32.9 Å². The van der Waals surface area contributed by atoms with Crippen molar-refractivity contribution >= 4 is 17.1 Å². The zero-order valence-corrected chi connectivity index (χ0v) is 25.2. The van der Waals surface area contributed by atoms with Crippen LogP contribution in [0.3, 0.4) is 0 Å². The van der Waals surface area contributed by atoms with Crippen molar-refractivity contribution in [2.75, 3.05) is 0 Å². The van der Waals surface area contributed by atoms with Crippen molar-refractivity contribution in [3.63, 3.8) is 0 Å². The third kappa shape index (κ3) is 12.4. The number of phenolic OH excluding ortho intramolecular Hbond substituents is 2. The molecule has 220 valence electrons. The maximum atomic E-state index is 12.4. The van der Waals surface area contributed by atoms with Crippen molar-refractivity contribution in [2.45, 2.75) is 124 Å². The van der Waals surface area contributed by atoms with Gasteiger partial charge < -0.3 is 14.9 Å². The molecule has 4 nitrogen and oxygen atoms in total. The number of unbranched alkanes of at least 4 members (excludes halogenated alkanes) is 11. The molecule has 0 saturated carbocycles. The summed E-state index contributed by atoms with van der Waals surface area (Å²) in [6.07, 6.45) is 22.5. The van der Waals surface area contributed by atoms with Crippen molar-refractivity contribution in [1.29, 1.82) is 0 Å². The number of carbonyl (C=O) groups excluding carboxylic acids is 1. The predicted octanol–water partition coefficient (Wildman–Crippen LogP) is 10.8. The van der Waals surface area contributed by atoms with E-state index in [0.717, 1.165) is 60.8 Å². The molecule has 0 aliphatic carbocycles. The second-order valence-electron chi connectivity index (χ2n) is 10.7. The monoisotopic (exact) mass is 548 g/mol. The Morgan fingerprint density at radius 1 is 0.700 bits per heavy atom. The summed E-state index contributed by atoms with van der Waals surface area (Å²) < 4.78 is 5.52. The van der Waals surface area contributed by atoms with Gasteiger partial charge in [-0.1, -0.05) is 96.4 Å². The van der Waals surface area contributed by atoms with Gasteiger partial charge in [-0.2, -0.15) is 0 Å². The van der Waals surface area contributed by atoms with Crippen molar-refractivity contribution < 1.29 is 19.7 Å². The Morgan fingerprint density at radius 3 is 1.85 bits per heavy atom. The van der Waals surface area contributed by atoms with Crippen LogP contribution in [0, 0.1) is 0 Å². The maximum absolute atomic E-state index is 12.4. The molecule has 2 N–H and O–H groups in total. The number of aromatic hydroxyl groups is 2. The van der Waals surface area contributed by atoms with Gasteiger partial charge in [0.1, 0.15) is 17.2 Å². The lowest BCUT2D eigenvalue weighted by atomic mass is 9.91. The van der Waals surface area contributed by atoms with Crippen LogP contribution in [0.25, 0.3) is 11.1 Å². The summed E-state index contributed by atoms with van der Waals surface area (Å²) >= 11 is 0. The Balaban J connectivity index is 1.70. The zero-order valence-electron chi connectivity index (χ0n) is 25.2. The molecule has 0 heterocycles. The zero-order chi connectivity index (χ0) is 29.0. The Labute approximate surface area is 243 Å². The molecule has 0 atom stereocenters. The lowest BCUT2D eigenvalue weighted by molar-refractivity contribution is -0.134. The van der Waals surface area contributed by atoms with Gasteiger partial charge in [-0.3, -0.25) is 4.79 Å². The summed E-state index contributed by atoms with van der Waals surface area (Å²) in [4.78, 5) is 12.4. The SMILES string of the molecule is CCCCCCCC/C=C\CCCCCCCC(=O)Oc1ccc(C(CC)=C(CC)c2ccc(O)cc2)c(O)c1. The van der Waals surface area contributed by atoms with Gasteiger partial charge in [0, 0.05) is 18.1 Å². The van der Waals surface area contributed by atoms with Crippen LogP contribution in [-0.2, 0) is 4.79 Å². The van der Waals surface area contributed by atoms with E-state index in [1.165, 1.54) is 63.9 Å². The molecule has 2 aromatic carbocycles. The summed E-state index contributed by atoms with van der Waals surface area (Å²) in [5, 5.41) is 20.4. The van der Waals surface area contributed by atoms with Crippen molar-refractivity contribution in [2.24, 2.45) is 0 Å². The van der Waals surface area contributed by atoms with E-state index in [-0.39, 0.29) is 17.5 Å². The Morgan fingerprint density at radius 2 is 1.27 bits per heavy atom. The van der Waals surface area contributed by atoms with E-state index < -0.39 is 0 Å². The van der Waals surface area contributed by atoms with Crippen molar-refractivity contribution in [3.8, 4) is 17.2 Å². The molecule has 0 fully saturated rings. The first kappa shape index (κ1) is 33.2. The number of esters is 1. The van der Waals surface area contributed by atoms with Crippen LogP contribution in [0.4, 0.5) is 0 Å². The average Bonchev–Trinajstić information content (AvgIpc) is 2.95. The molecular formula is C36H52O4. The molecular weight excluding hydrogens is 496 g/mol. The van der Waals surface area contributed by atoms with E-state index in [1.54, 1.807) is 18.2 Å². The predicted molar refractivity (Wildman–Crippen MR) is 169 cm³/mol. The van der Waals surface area contributed by atoms with Gasteiger partial charge in [-0.05, 0) is 85.9 Å². The molecule has 0 bridgehead atoms. The minimum Gasteiger partial charge on any atom is -0.508 e. The highest BCUT2D eigenvalue weighted by atomic mass is 16.5. The van der Waals surface area contributed by atoms with Crippen LogP contribution in [0.15, 0.2) is 54.6 Å². The largest absolute Gasteiger partial charge is 0.508 e. The molecule has 4 heteroatoms. The molecule has 40 heavy (non-hydrogen) atoms. The second-order valence-corrected chi connectivity index (χ2v) is 10.7. The molecule has 0 spiro atoms. The van der Waals surface area contributed by atoms with Gasteiger partial charge >= 0.3 is 5.97 Å². The van der Waals surface area contributed by atoms with E-state index >= 15 is 0 Å². The highest BCUT2D eigenvalue weighted by Crippen LogP contribution is 2.37. The summed E-state index contributed by atoms with van der Waals surface area (Å²) in [7, 11) is 0. The Bertz CT molecular complexity index is 1050. The second kappa shape index (κ2) is 20.0. The van der Waals surface area contributed by atoms with Gasteiger partial charge in [0.05, 0.1) is 0 Å². The lowest BCUT2D eigenvalue weighted by Crippen LogP contribution is -2.07. The fourth-order valence-electron chi connectivity index (χ4n) is 5.17. The maximum Gasteiger partial charge on any atom is 0.311 e. The molecule has 0 radical (unpaired) electrons. The summed E-state index contributed by atoms with van der Waals surface area (Å²) in [6.45, 7) is 6.41. The molecule has 0 unspecified atom stereocenters. The standard InChI is InChI=1S/C36H52O4/c1-4-7-8-9-10-11-12-13-14-15-16-17-18-19-20-21-36(39)40-31-26-27-34(35(38)28-31)33(6-3)32(5-2)29-22-24-30(37)25-23-29/h13-14,22-28,37-38H,4-12,15-21H2,1-3H3/b14-13-,33-32?. The number of ether oxygens (including phenoxy) is 1. The van der Waals surface area contributed by atoms with E-state index in [9.17, 15) is 15.0 Å². The first-order chi connectivity index (χ1) is 19.5. The summed E-state index contributed by atoms with van der Waals surface area (Å²) in [6, 6.07) is 12.3. The van der Waals surface area contributed by atoms with Gasteiger partial charge in [-0.15, -0.1) is 0 Å². The topological polar surface area (TPSA) is 66.8 Å². The Hall–Kier alpha value is -3.01. The van der Waals surface area contributed by atoms with Crippen molar-refractivity contribution in [3.05, 3.63) is 65.7 Å². The quantitative estimate of drug-likeness (QED) is 0.0568. The van der Waals surface area contributed by atoms with Crippen LogP contribution in [0.5, 0.6) is 17.2 Å². The van der Waals surface area contributed by atoms with Crippen LogP contribution >= 0.6 is 0 Å². The third-order valence-corrected chi connectivity index (χ3v) is 7.46. The van der Waals surface area contributed by atoms with Crippen LogP contribution in [0.1, 0.15) is 135 Å². The van der Waals surface area contributed by atoms with Gasteiger partial charge in [0.25, 0.3) is 0 Å². The number of benzene rings is 2. The van der Waals surface area contributed by atoms with Crippen LogP contribution < -0.4 is 4.74 Å².